The summed E-state index contributed by atoms with van der Waals surface area (Å²) < 4.78 is 47.0. The molecule has 5 aromatic rings. The van der Waals surface area contributed by atoms with Gasteiger partial charge in [-0.15, -0.1) is 11.8 Å². The van der Waals surface area contributed by atoms with E-state index in [1.54, 1.807) is 12.3 Å². The predicted octanol–water partition coefficient (Wildman–Crippen LogP) is 8.44. The van der Waals surface area contributed by atoms with Gasteiger partial charge in [-0.3, -0.25) is 0 Å². The van der Waals surface area contributed by atoms with Gasteiger partial charge in [-0.05, 0) is 46.8 Å². The van der Waals surface area contributed by atoms with E-state index in [9.17, 15) is 13.2 Å². The van der Waals surface area contributed by atoms with E-state index in [1.165, 1.54) is 0 Å². The van der Waals surface area contributed by atoms with Gasteiger partial charge in [-0.2, -0.15) is 0 Å². The van der Waals surface area contributed by atoms with Crippen LogP contribution in [0.4, 0.5) is 19.0 Å². The number of hydrogen-bond donors (Lipinski definition) is 0. The summed E-state index contributed by atoms with van der Waals surface area (Å²) in [6, 6.07) is 34.5. The van der Waals surface area contributed by atoms with E-state index in [-0.39, 0.29) is 35.4 Å². The maximum absolute atomic E-state index is 14.3. The third-order valence-corrected chi connectivity index (χ3v) is 9.74. The molecule has 2 heterocycles. The number of benzene rings is 4. The molecule has 9 heteroatoms. The van der Waals surface area contributed by atoms with Gasteiger partial charge in [0.15, 0.2) is 11.6 Å². The van der Waals surface area contributed by atoms with Gasteiger partial charge < -0.3 is 9.64 Å². The summed E-state index contributed by atoms with van der Waals surface area (Å²) >= 11 is 8.07. The summed E-state index contributed by atoms with van der Waals surface area (Å²) in [6.07, 6.45) is 2.34. The standard InChI is InChI=1S/C35H29ClF3N3OS/c36-34-40-17-16-33(41-34)42-21-29(19-28(42)23-43-22-24-18-31(38)32(39)20-30(24)37)44-35(25-10-4-1-5-11-25,26-12-6-2-7-13-26)27-14-8-3-9-15-27/h1-18,20,28-29H,19,21-23H2/t28-,29+/m0/s1. The van der Waals surface area contributed by atoms with Crippen LogP contribution in [0, 0.1) is 17.5 Å². The molecule has 0 bridgehead atoms. The third-order valence-electron chi connectivity index (χ3n) is 7.82. The van der Waals surface area contributed by atoms with Crippen LogP contribution in [-0.4, -0.2) is 34.4 Å². The SMILES string of the molecule is Fc1cc(F)c(COC[C@@H]2C[C@@H](SC(c3ccccc3)(c3ccccc3)c3ccccc3)CN2c2ccnc(Cl)n2)cc1F. The maximum atomic E-state index is 14.3. The minimum absolute atomic E-state index is 0.0410. The van der Waals surface area contributed by atoms with Crippen LogP contribution in [0.5, 0.6) is 0 Å². The Morgan fingerprint density at radius 1 is 0.795 bits per heavy atom. The summed E-state index contributed by atoms with van der Waals surface area (Å²) in [4.78, 5) is 10.7. The lowest BCUT2D eigenvalue weighted by molar-refractivity contribution is 0.106. The van der Waals surface area contributed by atoms with E-state index in [4.69, 9.17) is 16.3 Å². The van der Waals surface area contributed by atoms with Crippen molar-refractivity contribution in [2.75, 3.05) is 18.1 Å². The van der Waals surface area contributed by atoms with Crippen LogP contribution in [0.25, 0.3) is 0 Å². The Labute approximate surface area is 263 Å². The lowest BCUT2D eigenvalue weighted by Gasteiger charge is -2.37. The van der Waals surface area contributed by atoms with Gasteiger partial charge in [0, 0.05) is 29.6 Å². The van der Waals surface area contributed by atoms with Crippen LogP contribution in [0.2, 0.25) is 5.28 Å². The number of ether oxygens (including phenoxy) is 1. The molecule has 0 spiro atoms. The second kappa shape index (κ2) is 13.4. The van der Waals surface area contributed by atoms with Crippen molar-refractivity contribution in [1.29, 1.82) is 0 Å². The minimum Gasteiger partial charge on any atom is -0.375 e. The smallest absolute Gasteiger partial charge is 0.224 e. The van der Waals surface area contributed by atoms with Crippen molar-refractivity contribution in [3.8, 4) is 0 Å². The quantitative estimate of drug-likeness (QED) is 0.0879. The molecule has 0 radical (unpaired) electrons. The number of anilines is 1. The molecule has 2 atom stereocenters. The highest BCUT2D eigenvalue weighted by Crippen LogP contribution is 2.52. The first-order chi connectivity index (χ1) is 21.4. The fourth-order valence-electron chi connectivity index (χ4n) is 5.84. The van der Waals surface area contributed by atoms with Gasteiger partial charge in [0.05, 0.1) is 24.0 Å². The summed E-state index contributed by atoms with van der Waals surface area (Å²) in [6.45, 7) is 0.656. The molecule has 4 nitrogen and oxygen atoms in total. The van der Waals surface area contributed by atoms with E-state index < -0.39 is 22.2 Å². The van der Waals surface area contributed by atoms with Crippen molar-refractivity contribution in [1.82, 2.24) is 9.97 Å². The largest absolute Gasteiger partial charge is 0.375 e. The van der Waals surface area contributed by atoms with Gasteiger partial charge in [0.1, 0.15) is 11.6 Å². The van der Waals surface area contributed by atoms with E-state index in [1.807, 2.05) is 30.0 Å². The lowest BCUT2D eigenvalue weighted by atomic mass is 9.84. The van der Waals surface area contributed by atoms with Gasteiger partial charge in [-0.25, -0.2) is 23.1 Å². The predicted molar refractivity (Wildman–Crippen MR) is 169 cm³/mol. The van der Waals surface area contributed by atoms with Crippen molar-refractivity contribution in [3.05, 3.63) is 160 Å². The van der Waals surface area contributed by atoms with Gasteiger partial charge in [0.2, 0.25) is 5.28 Å². The molecular formula is C35H29ClF3N3OS. The first kappa shape index (κ1) is 30.2. The molecule has 0 unspecified atom stereocenters. The Morgan fingerprint density at radius 3 is 1.93 bits per heavy atom. The molecular weight excluding hydrogens is 603 g/mol. The molecule has 1 aliphatic heterocycles. The zero-order valence-electron chi connectivity index (χ0n) is 23.6. The number of halogens is 4. The summed E-state index contributed by atoms with van der Waals surface area (Å²) in [5, 5.41) is 0.243. The molecule has 1 aromatic heterocycles. The molecule has 0 N–H and O–H groups in total. The lowest BCUT2D eigenvalue weighted by Crippen LogP contribution is -2.34. The molecule has 0 aliphatic carbocycles. The third kappa shape index (κ3) is 6.34. The Kier molecular flexibility index (Phi) is 9.21. The van der Waals surface area contributed by atoms with Crippen molar-refractivity contribution in [2.45, 2.75) is 29.1 Å². The zero-order valence-corrected chi connectivity index (χ0v) is 25.2. The zero-order chi connectivity index (χ0) is 30.5. The minimum atomic E-state index is -1.23. The average Bonchev–Trinajstić information content (AvgIpc) is 3.46. The average molecular weight is 632 g/mol. The van der Waals surface area contributed by atoms with E-state index >= 15 is 0 Å². The molecule has 0 saturated carbocycles. The number of nitrogens with zero attached hydrogens (tertiary/aromatic N) is 3. The van der Waals surface area contributed by atoms with Crippen molar-refractivity contribution in [2.24, 2.45) is 0 Å². The number of aromatic nitrogens is 2. The Bertz CT molecular complexity index is 1600. The number of thioether (sulfide) groups is 1. The van der Waals surface area contributed by atoms with Gasteiger partial charge in [0.25, 0.3) is 0 Å². The topological polar surface area (TPSA) is 38.2 Å². The highest BCUT2D eigenvalue weighted by molar-refractivity contribution is 8.01. The van der Waals surface area contributed by atoms with E-state index in [0.29, 0.717) is 18.4 Å². The normalized spacial score (nSPS) is 16.8. The monoisotopic (exact) mass is 631 g/mol. The molecule has 0 amide bonds. The fourth-order valence-corrected chi connectivity index (χ4v) is 7.85. The van der Waals surface area contributed by atoms with Crippen LogP contribution in [0.1, 0.15) is 28.7 Å². The van der Waals surface area contributed by atoms with Gasteiger partial charge in [-0.1, -0.05) is 91.0 Å². The van der Waals surface area contributed by atoms with Crippen LogP contribution >= 0.6 is 23.4 Å². The second-order valence-corrected chi connectivity index (χ2v) is 12.5. The first-order valence-electron chi connectivity index (χ1n) is 14.2. The van der Waals surface area contributed by atoms with Crippen LogP contribution < -0.4 is 4.90 Å². The molecule has 224 valence electrons. The number of hydrogen-bond acceptors (Lipinski definition) is 5. The van der Waals surface area contributed by atoms with Crippen LogP contribution in [-0.2, 0) is 16.1 Å². The second-order valence-electron chi connectivity index (χ2n) is 10.6. The van der Waals surface area contributed by atoms with Gasteiger partial charge >= 0.3 is 0 Å². The highest BCUT2D eigenvalue weighted by Gasteiger charge is 2.43. The Morgan fingerprint density at radius 2 is 1.36 bits per heavy atom. The summed E-state index contributed by atoms with van der Waals surface area (Å²) in [5.41, 5.74) is 3.44. The van der Waals surface area contributed by atoms with E-state index in [0.717, 1.165) is 29.2 Å². The first-order valence-corrected chi connectivity index (χ1v) is 15.5. The maximum Gasteiger partial charge on any atom is 0.224 e. The summed E-state index contributed by atoms with van der Waals surface area (Å²) in [5.74, 6) is -2.53. The Hall–Kier alpha value is -3.85. The van der Waals surface area contributed by atoms with Crippen LogP contribution in [0.3, 0.4) is 0 Å². The molecule has 6 rings (SSSR count). The number of rotatable bonds is 10. The van der Waals surface area contributed by atoms with Crippen molar-refractivity contribution < 1.29 is 17.9 Å². The van der Waals surface area contributed by atoms with Crippen molar-refractivity contribution >= 4 is 29.2 Å². The van der Waals surface area contributed by atoms with Crippen molar-refractivity contribution in [3.63, 3.8) is 0 Å². The molecule has 44 heavy (non-hydrogen) atoms. The van der Waals surface area contributed by atoms with E-state index in [2.05, 4.69) is 87.7 Å². The van der Waals surface area contributed by atoms with Crippen LogP contribution in [0.15, 0.2) is 115 Å². The molecule has 1 saturated heterocycles. The fraction of sp³-hybridized carbons (Fsp3) is 0.200. The molecule has 4 aromatic carbocycles. The molecule has 1 aliphatic rings. The highest BCUT2D eigenvalue weighted by atomic mass is 35.5. The summed E-state index contributed by atoms with van der Waals surface area (Å²) in [7, 11) is 0. The Balaban J connectivity index is 1.34. The molecule has 1 fully saturated rings.